The van der Waals surface area contributed by atoms with Crippen LogP contribution >= 0.6 is 0 Å². The van der Waals surface area contributed by atoms with Crippen LogP contribution < -0.4 is 11.1 Å². The van der Waals surface area contributed by atoms with Gasteiger partial charge in [0.15, 0.2) is 0 Å². The summed E-state index contributed by atoms with van der Waals surface area (Å²) in [5.74, 6) is -0.248. The van der Waals surface area contributed by atoms with Crippen LogP contribution in [0, 0.1) is 12.7 Å². The molecule has 0 amide bonds. The van der Waals surface area contributed by atoms with Crippen LogP contribution in [-0.4, -0.2) is 16.3 Å². The maximum Gasteiger partial charge on any atom is 0.123 e. The highest BCUT2D eigenvalue weighted by Gasteiger charge is 2.15. The Labute approximate surface area is 106 Å². The lowest BCUT2D eigenvalue weighted by atomic mass is 10.1. The fourth-order valence-corrected chi connectivity index (χ4v) is 1.87. The molecule has 0 bridgehead atoms. The molecule has 1 aromatic heterocycles. The average Bonchev–Trinajstić information content (AvgIpc) is 2.70. The number of nitrogens with zero attached hydrogens (tertiary/aromatic N) is 2. The summed E-state index contributed by atoms with van der Waals surface area (Å²) in [6.45, 7) is 2.45. The fourth-order valence-electron chi connectivity index (χ4n) is 1.87. The Morgan fingerprint density at radius 1 is 1.39 bits per heavy atom. The van der Waals surface area contributed by atoms with Crippen molar-refractivity contribution in [2.75, 3.05) is 11.9 Å². The third-order valence-corrected chi connectivity index (χ3v) is 3.07. The van der Waals surface area contributed by atoms with E-state index in [4.69, 9.17) is 5.73 Å². The van der Waals surface area contributed by atoms with Crippen LogP contribution in [0.15, 0.2) is 30.5 Å². The molecule has 0 radical (unpaired) electrons. The van der Waals surface area contributed by atoms with E-state index in [0.29, 0.717) is 6.54 Å². The van der Waals surface area contributed by atoms with Crippen molar-refractivity contribution in [2.45, 2.75) is 13.0 Å². The van der Waals surface area contributed by atoms with Crippen LogP contribution in [0.5, 0.6) is 0 Å². The highest BCUT2D eigenvalue weighted by molar-refractivity contribution is 5.45. The van der Waals surface area contributed by atoms with Gasteiger partial charge in [0.25, 0.3) is 0 Å². The number of hydrogen-bond acceptors (Lipinski definition) is 3. The number of nitrogens with two attached hydrogens (primary N) is 1. The minimum absolute atomic E-state index is 0.0239. The van der Waals surface area contributed by atoms with E-state index in [2.05, 4.69) is 10.4 Å². The molecule has 0 spiro atoms. The molecule has 1 atom stereocenters. The number of aromatic nitrogens is 2. The van der Waals surface area contributed by atoms with Crippen LogP contribution in [0.25, 0.3) is 0 Å². The van der Waals surface area contributed by atoms with Crippen LogP contribution in [0.4, 0.5) is 10.1 Å². The van der Waals surface area contributed by atoms with Crippen molar-refractivity contribution < 1.29 is 4.39 Å². The van der Waals surface area contributed by atoms with Crippen LogP contribution in [0.3, 0.4) is 0 Å². The zero-order valence-electron chi connectivity index (χ0n) is 10.5. The van der Waals surface area contributed by atoms with Gasteiger partial charge in [0, 0.05) is 30.5 Å². The minimum Gasteiger partial charge on any atom is -0.377 e. The fraction of sp³-hybridized carbons (Fsp3) is 0.308. The van der Waals surface area contributed by atoms with Crippen LogP contribution in [0.2, 0.25) is 0 Å². The van der Waals surface area contributed by atoms with Crippen molar-refractivity contribution in [1.82, 2.24) is 9.78 Å². The molecule has 1 aromatic carbocycles. The lowest BCUT2D eigenvalue weighted by molar-refractivity contribution is 0.628. The van der Waals surface area contributed by atoms with Gasteiger partial charge in [-0.3, -0.25) is 4.68 Å². The predicted octanol–water partition coefficient (Wildman–Crippen LogP) is 1.98. The Bertz CT molecular complexity index is 518. The summed E-state index contributed by atoms with van der Waals surface area (Å²) in [6.07, 6.45) is 1.81. The van der Waals surface area contributed by atoms with Crippen molar-refractivity contribution in [3.05, 3.63) is 47.5 Å². The Hall–Kier alpha value is -1.88. The highest BCUT2D eigenvalue weighted by Crippen LogP contribution is 2.21. The molecule has 3 N–H and O–H groups in total. The highest BCUT2D eigenvalue weighted by atomic mass is 19.1. The zero-order valence-corrected chi connectivity index (χ0v) is 10.5. The van der Waals surface area contributed by atoms with Gasteiger partial charge in [0.05, 0.1) is 12.2 Å². The van der Waals surface area contributed by atoms with Crippen molar-refractivity contribution >= 4 is 5.69 Å². The monoisotopic (exact) mass is 248 g/mol. The van der Waals surface area contributed by atoms with E-state index in [1.807, 2.05) is 24.9 Å². The summed E-state index contributed by atoms with van der Waals surface area (Å²) in [4.78, 5) is 0. The Morgan fingerprint density at radius 3 is 2.56 bits per heavy atom. The Balaban J connectivity index is 2.19. The molecule has 4 nitrogen and oxygen atoms in total. The Kier molecular flexibility index (Phi) is 3.62. The maximum absolute atomic E-state index is 12.8. The van der Waals surface area contributed by atoms with E-state index in [-0.39, 0.29) is 11.9 Å². The Morgan fingerprint density at radius 2 is 2.06 bits per heavy atom. The van der Waals surface area contributed by atoms with Gasteiger partial charge in [-0.15, -0.1) is 0 Å². The van der Waals surface area contributed by atoms with Gasteiger partial charge in [-0.1, -0.05) is 0 Å². The van der Waals surface area contributed by atoms with E-state index in [1.54, 1.807) is 12.1 Å². The number of nitrogens with one attached hydrogen (secondary N) is 1. The lowest BCUT2D eigenvalue weighted by Crippen LogP contribution is -2.21. The standard InChI is InChI=1S/C13H17FN4/c1-9-12(8-16-18(9)2)13(7-15)17-11-5-3-10(14)4-6-11/h3-6,8,13,17H,7,15H2,1-2H3. The van der Waals surface area contributed by atoms with Gasteiger partial charge in [-0.05, 0) is 31.2 Å². The third-order valence-electron chi connectivity index (χ3n) is 3.07. The molecule has 0 saturated heterocycles. The van der Waals surface area contributed by atoms with E-state index >= 15 is 0 Å². The van der Waals surface area contributed by atoms with Crippen molar-refractivity contribution in [2.24, 2.45) is 12.8 Å². The summed E-state index contributed by atoms with van der Waals surface area (Å²) >= 11 is 0. The smallest absolute Gasteiger partial charge is 0.123 e. The molecule has 1 unspecified atom stereocenters. The average molecular weight is 248 g/mol. The van der Waals surface area contributed by atoms with E-state index in [9.17, 15) is 4.39 Å². The summed E-state index contributed by atoms with van der Waals surface area (Å²) < 4.78 is 14.6. The summed E-state index contributed by atoms with van der Waals surface area (Å²) in [5.41, 5.74) is 8.76. The molecular weight excluding hydrogens is 231 g/mol. The van der Waals surface area contributed by atoms with Gasteiger partial charge in [0.1, 0.15) is 5.82 Å². The van der Waals surface area contributed by atoms with Crippen molar-refractivity contribution in [3.63, 3.8) is 0 Å². The molecular formula is C13H17FN4. The second kappa shape index (κ2) is 5.18. The lowest BCUT2D eigenvalue weighted by Gasteiger charge is -2.18. The molecule has 18 heavy (non-hydrogen) atoms. The third kappa shape index (κ3) is 2.51. The van der Waals surface area contributed by atoms with Crippen LogP contribution in [-0.2, 0) is 7.05 Å². The van der Waals surface area contributed by atoms with E-state index in [0.717, 1.165) is 16.9 Å². The summed E-state index contributed by atoms with van der Waals surface area (Å²) in [7, 11) is 1.89. The maximum atomic E-state index is 12.8. The number of halogens is 1. The predicted molar refractivity (Wildman–Crippen MR) is 69.8 cm³/mol. The molecule has 2 rings (SSSR count). The molecule has 0 aliphatic carbocycles. The molecule has 0 fully saturated rings. The minimum atomic E-state index is -0.248. The number of anilines is 1. The SMILES string of the molecule is Cc1c(C(CN)Nc2ccc(F)cc2)cnn1C. The van der Waals surface area contributed by atoms with Gasteiger partial charge >= 0.3 is 0 Å². The summed E-state index contributed by atoms with van der Waals surface area (Å²) in [6, 6.07) is 6.22. The molecule has 5 heteroatoms. The number of rotatable bonds is 4. The van der Waals surface area contributed by atoms with Gasteiger partial charge in [-0.2, -0.15) is 5.10 Å². The van der Waals surface area contributed by atoms with Gasteiger partial charge < -0.3 is 11.1 Å². The van der Waals surface area contributed by atoms with Gasteiger partial charge in [0.2, 0.25) is 0 Å². The first kappa shape index (κ1) is 12.6. The number of benzene rings is 1. The quantitative estimate of drug-likeness (QED) is 0.870. The molecule has 2 aromatic rings. The topological polar surface area (TPSA) is 55.9 Å². The first-order chi connectivity index (χ1) is 8.61. The number of hydrogen-bond donors (Lipinski definition) is 2. The van der Waals surface area contributed by atoms with Gasteiger partial charge in [-0.25, -0.2) is 4.39 Å². The van der Waals surface area contributed by atoms with Crippen LogP contribution in [0.1, 0.15) is 17.3 Å². The number of aryl methyl sites for hydroxylation is 1. The second-order valence-electron chi connectivity index (χ2n) is 4.25. The van der Waals surface area contributed by atoms with Crippen molar-refractivity contribution in [3.8, 4) is 0 Å². The molecule has 0 saturated carbocycles. The van der Waals surface area contributed by atoms with Crippen molar-refractivity contribution in [1.29, 1.82) is 0 Å². The largest absolute Gasteiger partial charge is 0.377 e. The summed E-state index contributed by atoms with van der Waals surface area (Å²) in [5, 5.41) is 7.48. The molecule has 1 heterocycles. The first-order valence-electron chi connectivity index (χ1n) is 5.82. The zero-order chi connectivity index (χ0) is 13.1. The van der Waals surface area contributed by atoms with E-state index < -0.39 is 0 Å². The first-order valence-corrected chi connectivity index (χ1v) is 5.82. The molecule has 96 valence electrons. The van der Waals surface area contributed by atoms with E-state index in [1.165, 1.54) is 12.1 Å². The molecule has 0 aliphatic rings. The second-order valence-corrected chi connectivity index (χ2v) is 4.25. The molecule has 0 aliphatic heterocycles. The normalized spacial score (nSPS) is 12.4.